The molecule has 4 rings (SSSR count). The van der Waals surface area contributed by atoms with E-state index in [2.05, 4.69) is 20.1 Å². The number of amides is 1. The topological polar surface area (TPSA) is 59.8 Å². The van der Waals surface area contributed by atoms with E-state index in [9.17, 15) is 4.79 Å². The number of hydrogen-bond donors (Lipinski definition) is 1. The Morgan fingerprint density at radius 2 is 2.12 bits per heavy atom. The van der Waals surface area contributed by atoms with Crippen LogP contribution >= 0.6 is 11.6 Å². The SMILES string of the molecule is O=C(NCc1nnc2n1CCCCC2)[C@H]1C[C@@H]1c1ccccc1Cl. The molecule has 1 fully saturated rings. The molecule has 0 spiro atoms. The highest BCUT2D eigenvalue weighted by atomic mass is 35.5. The minimum absolute atomic E-state index is 0.0245. The number of halogens is 1. The molecule has 2 heterocycles. The van der Waals surface area contributed by atoms with E-state index in [1.165, 1.54) is 12.8 Å². The van der Waals surface area contributed by atoms with Crippen LogP contribution in [0.15, 0.2) is 24.3 Å². The van der Waals surface area contributed by atoms with Crippen LogP contribution in [0.1, 0.15) is 48.8 Å². The Labute approximate surface area is 146 Å². The molecule has 1 aliphatic carbocycles. The van der Waals surface area contributed by atoms with Crippen molar-refractivity contribution < 1.29 is 4.79 Å². The van der Waals surface area contributed by atoms with Crippen LogP contribution in [-0.4, -0.2) is 20.7 Å². The standard InChI is InChI=1S/C18H21ClN4O/c19-15-7-4-3-6-12(15)13-10-14(13)18(24)20-11-17-22-21-16-8-2-1-5-9-23(16)17/h3-4,6-7,13-14H,1-2,5,8-11H2,(H,20,24)/t13-,14+/m1/s1. The highest BCUT2D eigenvalue weighted by Crippen LogP contribution is 2.49. The molecule has 126 valence electrons. The largest absolute Gasteiger partial charge is 0.349 e. The van der Waals surface area contributed by atoms with Gasteiger partial charge in [-0.3, -0.25) is 4.79 Å². The summed E-state index contributed by atoms with van der Waals surface area (Å²) in [5.74, 6) is 2.28. The van der Waals surface area contributed by atoms with Gasteiger partial charge in [-0.1, -0.05) is 36.2 Å². The Balaban J connectivity index is 1.37. The van der Waals surface area contributed by atoms with Crippen molar-refractivity contribution in [3.8, 4) is 0 Å². The average Bonchev–Trinajstić information content (AvgIpc) is 3.34. The summed E-state index contributed by atoms with van der Waals surface area (Å²) in [5.41, 5.74) is 1.08. The monoisotopic (exact) mass is 344 g/mol. The minimum Gasteiger partial charge on any atom is -0.349 e. The number of carbonyl (C=O) groups excluding carboxylic acids is 1. The van der Waals surface area contributed by atoms with Gasteiger partial charge in [-0.25, -0.2) is 0 Å². The predicted molar refractivity (Wildman–Crippen MR) is 91.7 cm³/mol. The molecule has 1 aromatic carbocycles. The van der Waals surface area contributed by atoms with Gasteiger partial charge in [-0.15, -0.1) is 10.2 Å². The van der Waals surface area contributed by atoms with Crippen LogP contribution in [0.2, 0.25) is 5.02 Å². The third kappa shape index (κ3) is 3.05. The molecule has 1 saturated carbocycles. The molecule has 0 bridgehead atoms. The van der Waals surface area contributed by atoms with Gasteiger partial charge in [0.05, 0.1) is 6.54 Å². The number of fused-ring (bicyclic) bond motifs is 1. The van der Waals surface area contributed by atoms with Gasteiger partial charge < -0.3 is 9.88 Å². The van der Waals surface area contributed by atoms with Crippen molar-refractivity contribution in [1.29, 1.82) is 0 Å². The number of carbonyl (C=O) groups is 1. The number of nitrogens with one attached hydrogen (secondary N) is 1. The Morgan fingerprint density at radius 1 is 1.25 bits per heavy atom. The van der Waals surface area contributed by atoms with Gasteiger partial charge in [0.2, 0.25) is 5.91 Å². The van der Waals surface area contributed by atoms with Crippen molar-refractivity contribution in [3.63, 3.8) is 0 Å². The Morgan fingerprint density at radius 3 is 3.00 bits per heavy atom. The van der Waals surface area contributed by atoms with E-state index in [-0.39, 0.29) is 17.7 Å². The number of nitrogens with zero attached hydrogens (tertiary/aromatic N) is 3. The lowest BCUT2D eigenvalue weighted by atomic mass is 10.1. The zero-order valence-corrected chi connectivity index (χ0v) is 14.3. The molecule has 0 unspecified atom stereocenters. The molecule has 1 aromatic heterocycles. The van der Waals surface area contributed by atoms with Crippen molar-refractivity contribution in [2.75, 3.05) is 0 Å². The highest BCUT2D eigenvalue weighted by Gasteiger charge is 2.44. The van der Waals surface area contributed by atoms with Crippen LogP contribution in [0.5, 0.6) is 0 Å². The second-order valence-electron chi connectivity index (χ2n) is 6.68. The van der Waals surface area contributed by atoms with Crippen molar-refractivity contribution in [2.45, 2.75) is 51.1 Å². The van der Waals surface area contributed by atoms with E-state index in [0.717, 1.165) is 48.0 Å². The van der Waals surface area contributed by atoms with Crippen LogP contribution in [0.25, 0.3) is 0 Å². The van der Waals surface area contributed by atoms with Gasteiger partial charge in [-0.2, -0.15) is 0 Å². The quantitative estimate of drug-likeness (QED) is 0.927. The molecule has 2 atom stereocenters. The summed E-state index contributed by atoms with van der Waals surface area (Å²) in [4.78, 5) is 12.4. The van der Waals surface area contributed by atoms with Crippen LogP contribution in [0, 0.1) is 5.92 Å². The van der Waals surface area contributed by atoms with E-state index in [1.54, 1.807) is 0 Å². The Hall–Kier alpha value is -1.88. The summed E-state index contributed by atoms with van der Waals surface area (Å²) < 4.78 is 2.17. The summed E-state index contributed by atoms with van der Waals surface area (Å²) in [6, 6.07) is 7.79. The van der Waals surface area contributed by atoms with E-state index < -0.39 is 0 Å². The number of hydrogen-bond acceptors (Lipinski definition) is 3. The van der Waals surface area contributed by atoms with E-state index in [4.69, 9.17) is 11.6 Å². The van der Waals surface area contributed by atoms with Gasteiger partial charge in [0, 0.05) is 23.9 Å². The van der Waals surface area contributed by atoms with Crippen molar-refractivity contribution in [1.82, 2.24) is 20.1 Å². The maximum absolute atomic E-state index is 12.4. The summed E-state index contributed by atoms with van der Waals surface area (Å²) in [6.07, 6.45) is 5.41. The number of rotatable bonds is 4. The van der Waals surface area contributed by atoms with Gasteiger partial charge in [0.15, 0.2) is 5.82 Å². The lowest BCUT2D eigenvalue weighted by Crippen LogP contribution is -2.26. The molecule has 0 radical (unpaired) electrons. The van der Waals surface area contributed by atoms with E-state index >= 15 is 0 Å². The van der Waals surface area contributed by atoms with Gasteiger partial charge in [-0.05, 0) is 36.8 Å². The Kier molecular flexibility index (Phi) is 4.27. The van der Waals surface area contributed by atoms with E-state index in [1.807, 2.05) is 24.3 Å². The predicted octanol–water partition coefficient (Wildman–Crippen LogP) is 3.08. The molecule has 2 aromatic rings. The van der Waals surface area contributed by atoms with Gasteiger partial charge in [0.1, 0.15) is 5.82 Å². The van der Waals surface area contributed by atoms with Gasteiger partial charge >= 0.3 is 0 Å². The summed E-state index contributed by atoms with van der Waals surface area (Å²) in [7, 11) is 0. The first-order valence-electron chi connectivity index (χ1n) is 8.67. The molecule has 5 nitrogen and oxygen atoms in total. The molecular formula is C18H21ClN4O. The number of benzene rings is 1. The summed E-state index contributed by atoms with van der Waals surface area (Å²) in [6.45, 7) is 1.41. The fourth-order valence-corrected chi connectivity index (χ4v) is 3.85. The van der Waals surface area contributed by atoms with Gasteiger partial charge in [0.25, 0.3) is 0 Å². The molecule has 24 heavy (non-hydrogen) atoms. The average molecular weight is 345 g/mol. The first-order valence-corrected chi connectivity index (χ1v) is 9.05. The zero-order valence-electron chi connectivity index (χ0n) is 13.5. The summed E-state index contributed by atoms with van der Waals surface area (Å²) in [5, 5.41) is 12.3. The van der Waals surface area contributed by atoms with Crippen molar-refractivity contribution in [3.05, 3.63) is 46.5 Å². The first kappa shape index (κ1) is 15.6. The lowest BCUT2D eigenvalue weighted by Gasteiger charge is -2.08. The van der Waals surface area contributed by atoms with Crippen molar-refractivity contribution in [2.24, 2.45) is 5.92 Å². The number of aromatic nitrogens is 3. The summed E-state index contributed by atoms with van der Waals surface area (Å²) >= 11 is 6.23. The molecule has 1 aliphatic heterocycles. The minimum atomic E-state index is 0.0245. The van der Waals surface area contributed by atoms with Crippen LogP contribution in [0.4, 0.5) is 0 Å². The first-order chi connectivity index (χ1) is 11.7. The second kappa shape index (κ2) is 6.55. The maximum Gasteiger partial charge on any atom is 0.224 e. The third-order valence-electron chi connectivity index (χ3n) is 5.04. The lowest BCUT2D eigenvalue weighted by molar-refractivity contribution is -0.122. The zero-order chi connectivity index (χ0) is 16.5. The van der Waals surface area contributed by atoms with E-state index in [0.29, 0.717) is 6.54 Å². The normalized spacial score (nSPS) is 22.5. The fourth-order valence-electron chi connectivity index (χ4n) is 3.58. The molecule has 6 heteroatoms. The maximum atomic E-state index is 12.4. The molecule has 2 aliphatic rings. The van der Waals surface area contributed by atoms with Crippen LogP contribution in [0.3, 0.4) is 0 Å². The second-order valence-corrected chi connectivity index (χ2v) is 7.09. The molecule has 1 amide bonds. The fraction of sp³-hybridized carbons (Fsp3) is 0.500. The third-order valence-corrected chi connectivity index (χ3v) is 5.38. The smallest absolute Gasteiger partial charge is 0.224 e. The molecule has 1 N–H and O–H groups in total. The molecular weight excluding hydrogens is 324 g/mol. The van der Waals surface area contributed by atoms with Crippen molar-refractivity contribution >= 4 is 17.5 Å². The molecule has 0 saturated heterocycles. The number of aryl methyl sites for hydroxylation is 1. The Bertz CT molecular complexity index is 757. The van der Waals surface area contributed by atoms with Crippen LogP contribution in [-0.2, 0) is 24.3 Å². The van der Waals surface area contributed by atoms with Crippen LogP contribution < -0.4 is 5.32 Å². The highest BCUT2D eigenvalue weighted by molar-refractivity contribution is 6.31.